The Kier molecular flexibility index (Phi) is 4.31. The van der Waals surface area contributed by atoms with Gasteiger partial charge in [0.2, 0.25) is 0 Å². The third kappa shape index (κ3) is 3.05. The lowest BCUT2D eigenvalue weighted by Gasteiger charge is -2.41. The standard InChI is InChI=1S/C15H23ClN2/c1-15(2)7-9-18(10-8-15)14(11-17)12-5-3-4-6-13(12)16/h3-6,14H,7-11,17H2,1-2H3. The minimum atomic E-state index is 0.259. The van der Waals surface area contributed by atoms with E-state index < -0.39 is 0 Å². The quantitative estimate of drug-likeness (QED) is 0.908. The SMILES string of the molecule is CC1(C)CCN(C(CN)c2ccccc2Cl)CC1. The van der Waals surface area contributed by atoms with Crippen LogP contribution in [0, 0.1) is 5.41 Å². The smallest absolute Gasteiger partial charge is 0.0485 e. The predicted molar refractivity (Wildman–Crippen MR) is 77.8 cm³/mol. The molecule has 1 atom stereocenters. The van der Waals surface area contributed by atoms with Crippen molar-refractivity contribution >= 4 is 11.6 Å². The molecule has 0 aromatic heterocycles. The van der Waals surface area contributed by atoms with Crippen molar-refractivity contribution in [2.24, 2.45) is 11.1 Å². The maximum absolute atomic E-state index is 6.29. The van der Waals surface area contributed by atoms with Crippen molar-refractivity contribution < 1.29 is 0 Å². The topological polar surface area (TPSA) is 29.3 Å². The number of nitrogens with two attached hydrogens (primary N) is 1. The Bertz CT molecular complexity index is 393. The number of hydrogen-bond acceptors (Lipinski definition) is 2. The van der Waals surface area contributed by atoms with E-state index in [2.05, 4.69) is 24.8 Å². The first-order valence-corrected chi connectivity index (χ1v) is 7.10. The Labute approximate surface area is 115 Å². The van der Waals surface area contributed by atoms with Gasteiger partial charge < -0.3 is 5.73 Å². The van der Waals surface area contributed by atoms with Gasteiger partial charge in [-0.15, -0.1) is 0 Å². The highest BCUT2D eigenvalue weighted by Gasteiger charge is 2.29. The van der Waals surface area contributed by atoms with Crippen molar-refractivity contribution in [3.8, 4) is 0 Å². The molecule has 0 amide bonds. The maximum Gasteiger partial charge on any atom is 0.0485 e. The summed E-state index contributed by atoms with van der Waals surface area (Å²) in [5.41, 5.74) is 7.61. The zero-order valence-electron chi connectivity index (χ0n) is 11.3. The molecule has 0 bridgehead atoms. The van der Waals surface area contributed by atoms with Gasteiger partial charge in [0.05, 0.1) is 0 Å². The highest BCUT2D eigenvalue weighted by Crippen LogP contribution is 2.35. The summed E-state index contributed by atoms with van der Waals surface area (Å²) in [7, 11) is 0. The fraction of sp³-hybridized carbons (Fsp3) is 0.600. The van der Waals surface area contributed by atoms with E-state index in [1.807, 2.05) is 18.2 Å². The normalized spacial score (nSPS) is 21.8. The Balaban J connectivity index is 2.13. The average molecular weight is 267 g/mol. The molecule has 18 heavy (non-hydrogen) atoms. The van der Waals surface area contributed by atoms with Crippen molar-refractivity contribution in [3.05, 3.63) is 34.9 Å². The lowest BCUT2D eigenvalue weighted by atomic mass is 9.82. The summed E-state index contributed by atoms with van der Waals surface area (Å²) in [6.45, 7) is 7.54. The zero-order valence-corrected chi connectivity index (χ0v) is 12.1. The molecule has 0 spiro atoms. The number of likely N-dealkylation sites (tertiary alicyclic amines) is 1. The largest absolute Gasteiger partial charge is 0.329 e. The van der Waals surface area contributed by atoms with Crippen LogP contribution in [0.25, 0.3) is 0 Å². The minimum Gasteiger partial charge on any atom is -0.329 e. The van der Waals surface area contributed by atoms with Crippen LogP contribution >= 0.6 is 11.6 Å². The Morgan fingerprint density at radius 2 is 1.89 bits per heavy atom. The van der Waals surface area contributed by atoms with Gasteiger partial charge in [0.25, 0.3) is 0 Å². The zero-order chi connectivity index (χ0) is 13.2. The van der Waals surface area contributed by atoms with E-state index in [1.165, 1.54) is 18.4 Å². The second-order valence-electron chi connectivity index (χ2n) is 5.97. The number of hydrogen-bond donors (Lipinski definition) is 1. The van der Waals surface area contributed by atoms with Crippen LogP contribution in [-0.2, 0) is 0 Å². The highest BCUT2D eigenvalue weighted by molar-refractivity contribution is 6.31. The number of halogens is 1. The lowest BCUT2D eigenvalue weighted by Crippen LogP contribution is -2.42. The molecule has 2 nitrogen and oxygen atoms in total. The summed E-state index contributed by atoms with van der Waals surface area (Å²) >= 11 is 6.29. The predicted octanol–water partition coefficient (Wildman–Crippen LogP) is 3.46. The summed E-state index contributed by atoms with van der Waals surface area (Å²) in [6, 6.07) is 8.32. The molecule has 1 aliphatic rings. The molecule has 1 heterocycles. The number of benzene rings is 1. The second kappa shape index (κ2) is 5.60. The van der Waals surface area contributed by atoms with E-state index in [9.17, 15) is 0 Å². The Morgan fingerprint density at radius 3 is 2.44 bits per heavy atom. The Hall–Kier alpha value is -0.570. The highest BCUT2D eigenvalue weighted by atomic mass is 35.5. The molecule has 2 N–H and O–H groups in total. The molecule has 2 rings (SSSR count). The molecule has 0 saturated carbocycles. The van der Waals surface area contributed by atoms with Crippen LogP contribution in [0.5, 0.6) is 0 Å². The second-order valence-corrected chi connectivity index (χ2v) is 6.38. The summed E-state index contributed by atoms with van der Waals surface area (Å²) in [5, 5.41) is 0.831. The van der Waals surface area contributed by atoms with Gasteiger partial charge >= 0.3 is 0 Å². The maximum atomic E-state index is 6.29. The molecule has 1 saturated heterocycles. The molecule has 0 aliphatic carbocycles. The number of piperidine rings is 1. The van der Waals surface area contributed by atoms with Crippen LogP contribution in [0.3, 0.4) is 0 Å². The van der Waals surface area contributed by atoms with Crippen LogP contribution in [0.4, 0.5) is 0 Å². The first kappa shape index (κ1) is 13.9. The van der Waals surface area contributed by atoms with Crippen molar-refractivity contribution in [1.29, 1.82) is 0 Å². The van der Waals surface area contributed by atoms with Crippen LogP contribution in [0.2, 0.25) is 5.02 Å². The van der Waals surface area contributed by atoms with Crippen LogP contribution in [-0.4, -0.2) is 24.5 Å². The van der Waals surface area contributed by atoms with Gasteiger partial charge in [-0.05, 0) is 43.0 Å². The van der Waals surface area contributed by atoms with E-state index in [-0.39, 0.29) is 6.04 Å². The summed E-state index contributed by atoms with van der Waals surface area (Å²) < 4.78 is 0. The average Bonchev–Trinajstić information content (AvgIpc) is 2.34. The minimum absolute atomic E-state index is 0.259. The number of rotatable bonds is 3. The molecule has 1 fully saturated rings. The summed E-state index contributed by atoms with van der Waals surface area (Å²) in [4.78, 5) is 2.48. The van der Waals surface area contributed by atoms with E-state index in [1.54, 1.807) is 0 Å². The first-order chi connectivity index (χ1) is 8.53. The van der Waals surface area contributed by atoms with Crippen LogP contribution in [0.15, 0.2) is 24.3 Å². The number of nitrogens with zero attached hydrogens (tertiary/aromatic N) is 1. The van der Waals surface area contributed by atoms with Crippen LogP contribution in [0.1, 0.15) is 38.3 Å². The van der Waals surface area contributed by atoms with E-state index in [4.69, 9.17) is 17.3 Å². The lowest BCUT2D eigenvalue weighted by molar-refractivity contribution is 0.0964. The van der Waals surface area contributed by atoms with Gasteiger partial charge in [-0.3, -0.25) is 4.90 Å². The molecule has 1 unspecified atom stereocenters. The summed E-state index contributed by atoms with van der Waals surface area (Å²) in [6.07, 6.45) is 2.46. The first-order valence-electron chi connectivity index (χ1n) is 6.72. The molecule has 1 aromatic carbocycles. The Morgan fingerprint density at radius 1 is 1.28 bits per heavy atom. The van der Waals surface area contributed by atoms with Crippen molar-refractivity contribution in [2.45, 2.75) is 32.7 Å². The third-order valence-corrected chi connectivity index (χ3v) is 4.42. The molecular formula is C15H23ClN2. The van der Waals surface area contributed by atoms with Gasteiger partial charge in [-0.1, -0.05) is 43.6 Å². The fourth-order valence-corrected chi connectivity index (χ4v) is 2.92. The van der Waals surface area contributed by atoms with E-state index >= 15 is 0 Å². The van der Waals surface area contributed by atoms with Crippen LogP contribution < -0.4 is 5.73 Å². The summed E-state index contributed by atoms with van der Waals surface area (Å²) in [5.74, 6) is 0. The van der Waals surface area contributed by atoms with Crippen molar-refractivity contribution in [2.75, 3.05) is 19.6 Å². The van der Waals surface area contributed by atoms with Gasteiger partial charge in [0.15, 0.2) is 0 Å². The molecule has 3 heteroatoms. The molecule has 100 valence electrons. The van der Waals surface area contributed by atoms with Gasteiger partial charge in [0.1, 0.15) is 0 Å². The van der Waals surface area contributed by atoms with E-state index in [0.29, 0.717) is 12.0 Å². The van der Waals surface area contributed by atoms with Gasteiger partial charge in [-0.2, -0.15) is 0 Å². The van der Waals surface area contributed by atoms with Gasteiger partial charge in [0, 0.05) is 17.6 Å². The van der Waals surface area contributed by atoms with E-state index in [0.717, 1.165) is 18.1 Å². The monoisotopic (exact) mass is 266 g/mol. The van der Waals surface area contributed by atoms with Crippen molar-refractivity contribution in [3.63, 3.8) is 0 Å². The molecule has 0 radical (unpaired) electrons. The van der Waals surface area contributed by atoms with Crippen molar-refractivity contribution in [1.82, 2.24) is 4.90 Å². The third-order valence-electron chi connectivity index (χ3n) is 4.08. The fourth-order valence-electron chi connectivity index (χ4n) is 2.66. The molecule has 1 aliphatic heterocycles. The van der Waals surface area contributed by atoms with Gasteiger partial charge in [-0.25, -0.2) is 0 Å². The molecule has 1 aromatic rings. The molecular weight excluding hydrogens is 244 g/mol.